The first-order valence-corrected chi connectivity index (χ1v) is 3.66. The highest BCUT2D eigenvalue weighted by Crippen LogP contribution is 1.88. The number of nitrogens with zero attached hydrogens (tertiary/aromatic N) is 2. The lowest BCUT2D eigenvalue weighted by molar-refractivity contribution is 0.960. The molecule has 0 fully saturated rings. The molecule has 2 atom stereocenters. The Labute approximate surface area is 74.4 Å². The van der Waals surface area contributed by atoms with Crippen molar-refractivity contribution in [3.8, 4) is 12.1 Å². The Hall–Kier alpha value is -1.54. The highest BCUT2D eigenvalue weighted by molar-refractivity contribution is 4.91. The summed E-state index contributed by atoms with van der Waals surface area (Å²) in [4.78, 5) is 0. The van der Waals surface area contributed by atoms with Crippen molar-refractivity contribution in [2.24, 2.45) is 11.8 Å². The highest BCUT2D eigenvalue weighted by Gasteiger charge is 1.84. The van der Waals surface area contributed by atoms with Crippen LogP contribution < -0.4 is 0 Å². The normalized spacial score (nSPS) is 12.0. The molecule has 64 valence electrons. The van der Waals surface area contributed by atoms with Gasteiger partial charge in [0, 0.05) is 0 Å². The predicted molar refractivity (Wildman–Crippen MR) is 49.9 cm³/mol. The first-order valence-electron chi connectivity index (χ1n) is 3.66. The second-order valence-electron chi connectivity index (χ2n) is 2.31. The molecule has 0 aromatic carbocycles. The zero-order chi connectivity index (χ0) is 9.98. The second kappa shape index (κ2) is 9.46. The second-order valence-corrected chi connectivity index (χ2v) is 2.31. The van der Waals surface area contributed by atoms with Gasteiger partial charge in [-0.15, -0.1) is 13.2 Å². The Bertz CT molecular complexity index is 181. The molecule has 0 radical (unpaired) electrons. The summed E-state index contributed by atoms with van der Waals surface area (Å²) >= 11 is 0. The lowest BCUT2D eigenvalue weighted by atomic mass is 10.2. The molecule has 0 aliphatic carbocycles. The molecular weight excluding hydrogens is 148 g/mol. The molecule has 0 aromatic heterocycles. The van der Waals surface area contributed by atoms with E-state index >= 15 is 0 Å². The SMILES string of the molecule is C=CC(C)C#N.C=CC(C)C#N. The lowest BCUT2D eigenvalue weighted by Gasteiger charge is -1.80. The molecule has 0 spiro atoms. The minimum atomic E-state index is 0.00463. The number of allylic oxidation sites excluding steroid dienone is 2. The molecule has 0 bridgehead atoms. The van der Waals surface area contributed by atoms with Crippen LogP contribution >= 0.6 is 0 Å². The van der Waals surface area contributed by atoms with Gasteiger partial charge in [-0.25, -0.2) is 0 Å². The number of nitriles is 2. The highest BCUT2D eigenvalue weighted by atomic mass is 14.2. The van der Waals surface area contributed by atoms with E-state index in [1.165, 1.54) is 0 Å². The summed E-state index contributed by atoms with van der Waals surface area (Å²) < 4.78 is 0. The molecule has 2 unspecified atom stereocenters. The molecule has 0 aliphatic rings. The Kier molecular flexibility index (Phi) is 10.3. The van der Waals surface area contributed by atoms with Gasteiger partial charge < -0.3 is 0 Å². The van der Waals surface area contributed by atoms with E-state index in [1.54, 1.807) is 26.0 Å². The van der Waals surface area contributed by atoms with Gasteiger partial charge in [0.2, 0.25) is 0 Å². The third kappa shape index (κ3) is 11.3. The Morgan fingerprint density at radius 3 is 1.25 bits per heavy atom. The van der Waals surface area contributed by atoms with Crippen molar-refractivity contribution in [3.63, 3.8) is 0 Å². The molecule has 0 rings (SSSR count). The minimum absolute atomic E-state index is 0.00463. The van der Waals surface area contributed by atoms with E-state index < -0.39 is 0 Å². The van der Waals surface area contributed by atoms with Crippen LogP contribution in [0.15, 0.2) is 25.3 Å². The summed E-state index contributed by atoms with van der Waals surface area (Å²) in [5.41, 5.74) is 0. The van der Waals surface area contributed by atoms with Crippen LogP contribution in [0, 0.1) is 34.5 Å². The third-order valence-electron chi connectivity index (χ3n) is 1.11. The van der Waals surface area contributed by atoms with Crippen molar-refractivity contribution in [2.45, 2.75) is 13.8 Å². The summed E-state index contributed by atoms with van der Waals surface area (Å²) in [6.45, 7) is 10.4. The van der Waals surface area contributed by atoms with Crippen molar-refractivity contribution in [1.82, 2.24) is 0 Å². The van der Waals surface area contributed by atoms with Crippen LogP contribution in [-0.2, 0) is 0 Å². The minimum Gasteiger partial charge on any atom is -0.198 e. The van der Waals surface area contributed by atoms with E-state index in [4.69, 9.17) is 10.5 Å². The van der Waals surface area contributed by atoms with Crippen LogP contribution in [0.3, 0.4) is 0 Å². The molecule has 0 aromatic rings. The van der Waals surface area contributed by atoms with E-state index in [-0.39, 0.29) is 11.8 Å². The molecule has 0 N–H and O–H groups in total. The maximum Gasteiger partial charge on any atom is 0.0694 e. The number of rotatable bonds is 2. The molecule has 0 heterocycles. The fraction of sp³-hybridized carbons (Fsp3) is 0.400. The van der Waals surface area contributed by atoms with Gasteiger partial charge in [0.15, 0.2) is 0 Å². The van der Waals surface area contributed by atoms with Gasteiger partial charge in [0.05, 0.1) is 24.0 Å². The maximum absolute atomic E-state index is 8.01. The van der Waals surface area contributed by atoms with Crippen LogP contribution in [0.4, 0.5) is 0 Å². The van der Waals surface area contributed by atoms with Gasteiger partial charge in [-0.05, 0) is 13.8 Å². The standard InChI is InChI=1S/2C5H7N/c2*1-3-5(2)4-6/h2*3,5H,1H2,2H3. The molecule has 12 heavy (non-hydrogen) atoms. The monoisotopic (exact) mass is 162 g/mol. The van der Waals surface area contributed by atoms with Gasteiger partial charge in [-0.2, -0.15) is 10.5 Å². The first kappa shape index (κ1) is 13.1. The Balaban J connectivity index is 0. The fourth-order valence-corrected chi connectivity index (χ4v) is 0.105. The van der Waals surface area contributed by atoms with Gasteiger partial charge in [-0.1, -0.05) is 12.2 Å². The van der Waals surface area contributed by atoms with Gasteiger partial charge in [0.25, 0.3) is 0 Å². The molecule has 0 aliphatic heterocycles. The maximum atomic E-state index is 8.01. The van der Waals surface area contributed by atoms with E-state index in [0.29, 0.717) is 0 Å². The first-order chi connectivity index (χ1) is 5.62. The van der Waals surface area contributed by atoms with Crippen LogP contribution in [0.1, 0.15) is 13.8 Å². The summed E-state index contributed by atoms with van der Waals surface area (Å²) in [5.74, 6) is 0.00926. The van der Waals surface area contributed by atoms with Crippen LogP contribution in [0.25, 0.3) is 0 Å². The molecular formula is C10H14N2. The molecule has 0 saturated heterocycles. The summed E-state index contributed by atoms with van der Waals surface area (Å²) in [7, 11) is 0. The van der Waals surface area contributed by atoms with E-state index in [2.05, 4.69) is 13.2 Å². The smallest absolute Gasteiger partial charge is 0.0694 e. The van der Waals surface area contributed by atoms with Crippen molar-refractivity contribution < 1.29 is 0 Å². The van der Waals surface area contributed by atoms with Crippen LogP contribution in [-0.4, -0.2) is 0 Å². The largest absolute Gasteiger partial charge is 0.198 e. The van der Waals surface area contributed by atoms with Crippen molar-refractivity contribution in [3.05, 3.63) is 25.3 Å². The Morgan fingerprint density at radius 1 is 1.00 bits per heavy atom. The van der Waals surface area contributed by atoms with Gasteiger partial charge in [0.1, 0.15) is 0 Å². The van der Waals surface area contributed by atoms with Gasteiger partial charge >= 0.3 is 0 Å². The summed E-state index contributed by atoms with van der Waals surface area (Å²) in [6.07, 6.45) is 3.22. The quantitative estimate of drug-likeness (QED) is 0.586. The number of hydrogen-bond donors (Lipinski definition) is 0. The molecule has 0 amide bonds. The average Bonchev–Trinajstić information content (AvgIpc) is 2.16. The summed E-state index contributed by atoms with van der Waals surface area (Å²) in [6, 6.07) is 3.99. The fourth-order valence-electron chi connectivity index (χ4n) is 0.105. The average molecular weight is 162 g/mol. The molecule has 2 nitrogen and oxygen atoms in total. The van der Waals surface area contributed by atoms with E-state index in [9.17, 15) is 0 Å². The van der Waals surface area contributed by atoms with Crippen LogP contribution in [0.5, 0.6) is 0 Å². The zero-order valence-electron chi connectivity index (χ0n) is 7.62. The van der Waals surface area contributed by atoms with E-state index in [1.807, 2.05) is 12.1 Å². The lowest BCUT2D eigenvalue weighted by Crippen LogP contribution is -1.76. The topological polar surface area (TPSA) is 47.6 Å². The van der Waals surface area contributed by atoms with E-state index in [0.717, 1.165) is 0 Å². The van der Waals surface area contributed by atoms with Gasteiger partial charge in [-0.3, -0.25) is 0 Å². The van der Waals surface area contributed by atoms with Crippen molar-refractivity contribution in [1.29, 1.82) is 10.5 Å². The Morgan fingerprint density at radius 2 is 1.25 bits per heavy atom. The predicted octanol–water partition coefficient (Wildman–Crippen LogP) is 2.66. The third-order valence-corrected chi connectivity index (χ3v) is 1.11. The summed E-state index contributed by atoms with van der Waals surface area (Å²) in [5, 5.41) is 16.0. The molecule has 2 heteroatoms. The molecule has 0 saturated carbocycles. The number of hydrogen-bond acceptors (Lipinski definition) is 2. The van der Waals surface area contributed by atoms with Crippen molar-refractivity contribution >= 4 is 0 Å². The van der Waals surface area contributed by atoms with Crippen LogP contribution in [0.2, 0.25) is 0 Å². The zero-order valence-corrected chi connectivity index (χ0v) is 7.62. The van der Waals surface area contributed by atoms with Crippen molar-refractivity contribution in [2.75, 3.05) is 0 Å².